The van der Waals surface area contributed by atoms with Crippen molar-refractivity contribution in [1.82, 2.24) is 20.1 Å². The van der Waals surface area contributed by atoms with Gasteiger partial charge in [0.05, 0.1) is 17.8 Å². The number of carbonyl (C=O) groups is 1. The zero-order chi connectivity index (χ0) is 29.0. The van der Waals surface area contributed by atoms with Gasteiger partial charge < -0.3 is 25.1 Å². The lowest BCUT2D eigenvalue weighted by molar-refractivity contribution is -0.123. The van der Waals surface area contributed by atoms with Gasteiger partial charge in [-0.1, -0.05) is 0 Å². The Morgan fingerprint density at radius 1 is 1.17 bits per heavy atom. The Bertz CT molecular complexity index is 1540. The summed E-state index contributed by atoms with van der Waals surface area (Å²) in [6.07, 6.45) is 4.17. The summed E-state index contributed by atoms with van der Waals surface area (Å²) in [7, 11) is 5.25. The molecule has 3 aliphatic rings. The fraction of sp³-hybridized carbons (Fsp3) is 0.433. The molecule has 9 nitrogen and oxygen atoms in total. The Morgan fingerprint density at radius 2 is 1.98 bits per heavy atom. The van der Waals surface area contributed by atoms with Crippen molar-refractivity contribution in [1.29, 1.82) is 0 Å². The second kappa shape index (κ2) is 10.4. The largest absolute Gasteiger partial charge is 0.370 e. The molecule has 1 amide bonds. The van der Waals surface area contributed by atoms with Crippen LogP contribution in [0, 0.1) is 5.92 Å². The summed E-state index contributed by atoms with van der Waals surface area (Å²) in [5, 5.41) is 17.8. The molecule has 0 saturated carbocycles. The van der Waals surface area contributed by atoms with Crippen molar-refractivity contribution in [3.8, 4) is 11.1 Å². The van der Waals surface area contributed by atoms with Gasteiger partial charge in [-0.3, -0.25) is 9.48 Å². The third-order valence-electron chi connectivity index (χ3n) is 8.53. The average Bonchev–Trinajstić information content (AvgIpc) is 3.64. The van der Waals surface area contributed by atoms with E-state index in [4.69, 9.17) is 4.98 Å². The Morgan fingerprint density at radius 3 is 2.68 bits per heavy atom. The Hall–Kier alpha value is -3.99. The third-order valence-corrected chi connectivity index (χ3v) is 8.53. The van der Waals surface area contributed by atoms with Gasteiger partial charge in [-0.25, -0.2) is 13.8 Å². The van der Waals surface area contributed by atoms with Crippen molar-refractivity contribution in [2.45, 2.75) is 38.8 Å². The summed E-state index contributed by atoms with van der Waals surface area (Å²) in [6, 6.07) is 5.44. The molecule has 2 unspecified atom stereocenters. The molecule has 0 aliphatic carbocycles. The molecule has 41 heavy (non-hydrogen) atoms. The maximum atomic E-state index is 14.5. The van der Waals surface area contributed by atoms with Crippen LogP contribution in [0.3, 0.4) is 0 Å². The number of benzene rings is 1. The number of halogens is 2. The first kappa shape index (κ1) is 27.2. The molecule has 2 N–H and O–H groups in total. The van der Waals surface area contributed by atoms with Crippen molar-refractivity contribution < 1.29 is 18.7 Å². The summed E-state index contributed by atoms with van der Waals surface area (Å²) in [6.45, 7) is 3.69. The standard InChI is InChI=1S/C30H35F2N7O2/c1-17-10-23-25(37(4)30(17)41)13-26(38-9-7-19(16-38)29(40)33-2)35-28(23)39-8-5-6-18-11-21(20-14-34-36(3)15-20)22(27(31)32)12-24(18)39/h10-15,19,27,30,41H,5-9,16H2,1-4H3,(H,33,40). The number of aromatic nitrogens is 3. The van der Waals surface area contributed by atoms with Crippen molar-refractivity contribution in [3.05, 3.63) is 52.9 Å². The monoisotopic (exact) mass is 563 g/mol. The Labute approximate surface area is 238 Å². The average molecular weight is 564 g/mol. The highest BCUT2D eigenvalue weighted by atomic mass is 19.3. The number of hydrogen-bond acceptors (Lipinski definition) is 7. The summed E-state index contributed by atoms with van der Waals surface area (Å²) in [4.78, 5) is 23.4. The van der Waals surface area contributed by atoms with Gasteiger partial charge in [0, 0.05) is 75.4 Å². The molecule has 6 rings (SSSR count). The number of amides is 1. The molecule has 0 spiro atoms. The Kier molecular flexibility index (Phi) is 6.93. The van der Waals surface area contributed by atoms with Crippen LogP contribution in [0.4, 0.5) is 31.8 Å². The first-order valence-corrected chi connectivity index (χ1v) is 14.0. The van der Waals surface area contributed by atoms with Crippen LogP contribution in [0.5, 0.6) is 0 Å². The van der Waals surface area contributed by atoms with Gasteiger partial charge in [-0.15, -0.1) is 0 Å². The number of rotatable bonds is 5. The normalized spacial score (nSPS) is 20.3. The van der Waals surface area contributed by atoms with Crippen molar-refractivity contribution >= 4 is 35.0 Å². The molecule has 0 radical (unpaired) electrons. The molecule has 216 valence electrons. The molecule has 11 heteroatoms. The molecule has 1 saturated heterocycles. The zero-order valence-corrected chi connectivity index (χ0v) is 23.7. The number of aliphatic hydroxyl groups excluding tert-OH is 1. The molecule has 2 atom stereocenters. The van der Waals surface area contributed by atoms with Crippen molar-refractivity contribution in [3.63, 3.8) is 0 Å². The highest BCUT2D eigenvalue weighted by molar-refractivity contribution is 5.87. The van der Waals surface area contributed by atoms with Crippen LogP contribution in [0.25, 0.3) is 17.2 Å². The molecule has 2 aromatic heterocycles. The SMILES string of the molecule is CNC(=O)C1CCN(c2cc3c(c(N4CCCc5cc(-c6cnn(C)c6)c(C(F)F)cc54)n2)C=C(C)C(O)N3C)C1. The lowest BCUT2D eigenvalue weighted by Gasteiger charge is -2.38. The second-order valence-corrected chi connectivity index (χ2v) is 11.2. The summed E-state index contributed by atoms with van der Waals surface area (Å²) < 4.78 is 30.6. The van der Waals surface area contributed by atoms with Gasteiger partial charge in [0.1, 0.15) is 17.9 Å². The zero-order valence-electron chi connectivity index (χ0n) is 23.7. The van der Waals surface area contributed by atoms with Gasteiger partial charge in [0.15, 0.2) is 0 Å². The summed E-state index contributed by atoms with van der Waals surface area (Å²) in [5.74, 6) is 1.23. The highest BCUT2D eigenvalue weighted by Gasteiger charge is 2.34. The van der Waals surface area contributed by atoms with Crippen LogP contribution < -0.4 is 20.0 Å². The number of nitrogens with zero attached hydrogens (tertiary/aromatic N) is 6. The predicted octanol–water partition coefficient (Wildman–Crippen LogP) is 4.25. The van der Waals surface area contributed by atoms with Crippen LogP contribution in [0.2, 0.25) is 0 Å². The smallest absolute Gasteiger partial charge is 0.264 e. The van der Waals surface area contributed by atoms with E-state index >= 15 is 0 Å². The first-order valence-electron chi connectivity index (χ1n) is 14.0. The minimum absolute atomic E-state index is 0.00527. The molecule has 3 aromatic rings. The number of nitrogens with one attached hydrogen (secondary N) is 1. The van der Waals surface area contributed by atoms with E-state index in [9.17, 15) is 18.7 Å². The van der Waals surface area contributed by atoms with Crippen molar-refractivity contribution in [2.75, 3.05) is 48.4 Å². The number of likely N-dealkylation sites (N-methyl/N-ethyl adjacent to an activating group) is 1. The first-order chi connectivity index (χ1) is 19.7. The molecule has 5 heterocycles. The van der Waals surface area contributed by atoms with Crippen molar-refractivity contribution in [2.24, 2.45) is 13.0 Å². The number of anilines is 4. The van der Waals surface area contributed by atoms with E-state index in [0.29, 0.717) is 48.8 Å². The number of hydrogen-bond donors (Lipinski definition) is 2. The lowest BCUT2D eigenvalue weighted by atomic mass is 9.92. The summed E-state index contributed by atoms with van der Waals surface area (Å²) >= 11 is 0. The highest BCUT2D eigenvalue weighted by Crippen LogP contribution is 2.45. The minimum Gasteiger partial charge on any atom is -0.370 e. The van der Waals surface area contributed by atoms with Gasteiger partial charge in [-0.2, -0.15) is 5.10 Å². The lowest BCUT2D eigenvalue weighted by Crippen LogP contribution is -2.37. The molecular weight excluding hydrogens is 528 g/mol. The van der Waals surface area contributed by atoms with Crippen LogP contribution >= 0.6 is 0 Å². The topological polar surface area (TPSA) is 89.8 Å². The fourth-order valence-electron chi connectivity index (χ4n) is 6.30. The minimum atomic E-state index is -2.66. The van der Waals surface area contributed by atoms with Gasteiger partial charge >= 0.3 is 0 Å². The van der Waals surface area contributed by atoms with Crippen LogP contribution in [-0.2, 0) is 18.3 Å². The van der Waals surface area contributed by atoms with Crippen LogP contribution in [0.1, 0.15) is 42.9 Å². The molecule has 1 fully saturated rings. The number of alkyl halides is 2. The van der Waals surface area contributed by atoms with E-state index in [1.807, 2.05) is 42.0 Å². The molecular formula is C30H35F2N7O2. The molecule has 3 aliphatic heterocycles. The quantitative estimate of drug-likeness (QED) is 0.480. The maximum Gasteiger partial charge on any atom is 0.264 e. The maximum absolute atomic E-state index is 14.5. The van der Waals surface area contributed by atoms with E-state index in [-0.39, 0.29) is 17.4 Å². The summed E-state index contributed by atoms with van der Waals surface area (Å²) in [5.41, 5.74) is 5.22. The van der Waals surface area contributed by atoms with E-state index in [0.717, 1.165) is 40.9 Å². The Balaban J connectivity index is 1.50. The van der Waals surface area contributed by atoms with Crippen LogP contribution in [-0.4, -0.2) is 65.7 Å². The predicted molar refractivity (Wildman–Crippen MR) is 156 cm³/mol. The number of fused-ring (bicyclic) bond motifs is 2. The fourth-order valence-corrected chi connectivity index (χ4v) is 6.30. The number of carbonyl (C=O) groups excluding carboxylic acids is 1. The third kappa shape index (κ3) is 4.71. The van der Waals surface area contributed by atoms with E-state index in [1.54, 1.807) is 37.2 Å². The van der Waals surface area contributed by atoms with E-state index in [1.165, 1.54) is 0 Å². The van der Waals surface area contributed by atoms with E-state index in [2.05, 4.69) is 15.3 Å². The number of aryl methyl sites for hydroxylation is 2. The number of aliphatic hydroxyl groups is 1. The van der Waals surface area contributed by atoms with Crippen LogP contribution in [0.15, 0.2) is 36.2 Å². The molecule has 1 aromatic carbocycles. The second-order valence-electron chi connectivity index (χ2n) is 11.2. The van der Waals surface area contributed by atoms with Gasteiger partial charge in [-0.05, 0) is 61.1 Å². The van der Waals surface area contributed by atoms with Gasteiger partial charge in [0.2, 0.25) is 5.91 Å². The number of pyridine rings is 1. The van der Waals surface area contributed by atoms with E-state index < -0.39 is 12.7 Å². The van der Waals surface area contributed by atoms with Gasteiger partial charge in [0.25, 0.3) is 6.43 Å². The molecule has 0 bridgehead atoms.